The zero-order valence-corrected chi connectivity index (χ0v) is 47.8. The molecule has 0 fully saturated rings. The van der Waals surface area contributed by atoms with E-state index in [1.54, 1.807) is 6.08 Å². The molecule has 2 N–H and O–H groups in total. The Hall–Kier alpha value is -4.90. The molecule has 0 saturated heterocycles. The van der Waals surface area contributed by atoms with E-state index in [2.05, 4.69) is 142 Å². The summed E-state index contributed by atoms with van der Waals surface area (Å²) in [5, 5.41) is 9.79. The predicted octanol–water partition coefficient (Wildman–Crippen LogP) is 16.9. The van der Waals surface area contributed by atoms with Crippen LogP contribution >= 0.6 is 7.82 Å². The molecule has 0 saturated carbocycles. The van der Waals surface area contributed by atoms with Crippen molar-refractivity contribution in [1.29, 1.82) is 0 Å². The first-order valence-electron chi connectivity index (χ1n) is 28.4. The quantitative estimate of drug-likeness (QED) is 0.0197. The third-order valence-corrected chi connectivity index (χ3v) is 11.9. The Morgan fingerprint density at radius 1 is 0.382 bits per heavy atom. The van der Waals surface area contributed by atoms with Crippen LogP contribution in [-0.2, 0) is 42.2 Å². The van der Waals surface area contributed by atoms with Gasteiger partial charge in [0.25, 0.3) is 0 Å². The Labute approximate surface area is 460 Å². The van der Waals surface area contributed by atoms with E-state index in [4.69, 9.17) is 23.3 Å². The molecule has 0 aromatic rings. The summed E-state index contributed by atoms with van der Waals surface area (Å²) in [6.07, 6.45) is 73.8. The first-order valence-corrected chi connectivity index (χ1v) is 29.9. The molecule has 0 spiro atoms. The number of rotatable bonds is 50. The number of phosphoric ester groups is 1. The Morgan fingerprint density at radius 3 is 1.13 bits per heavy atom. The van der Waals surface area contributed by atoms with Gasteiger partial charge in [0, 0.05) is 12.8 Å². The Balaban J connectivity index is 4.94. The molecule has 76 heavy (non-hydrogen) atoms. The number of hydrogen-bond donors (Lipinski definition) is 2. The van der Waals surface area contributed by atoms with Gasteiger partial charge in [-0.15, -0.1) is 0 Å². The molecule has 0 amide bonds. The lowest BCUT2D eigenvalue weighted by molar-refractivity contribution is -0.161. The fraction of sp³-hybridized carbons (Fsp3) is 0.547. The average Bonchev–Trinajstić information content (AvgIpc) is 3.41. The molecule has 0 aliphatic rings. The van der Waals surface area contributed by atoms with Crippen LogP contribution in [0.3, 0.4) is 0 Å². The maximum Gasteiger partial charge on any atom is 0.472 e. The Morgan fingerprint density at radius 2 is 0.711 bits per heavy atom. The van der Waals surface area contributed by atoms with E-state index in [9.17, 15) is 28.9 Å². The topological polar surface area (TPSA) is 155 Å². The minimum Gasteiger partial charge on any atom is -0.462 e. The number of unbranched alkanes of at least 4 members (excludes halogenated alkanes) is 8. The third kappa shape index (κ3) is 53.9. The number of esters is 3. The second-order valence-corrected chi connectivity index (χ2v) is 19.4. The lowest BCUT2D eigenvalue weighted by atomic mass is 10.1. The summed E-state index contributed by atoms with van der Waals surface area (Å²) in [5.74, 6) is -1.71. The molecule has 3 unspecified atom stereocenters. The SMILES string of the molecule is CC/C=C\C/C=C\C/C=C\C/C=C\C/C=C\CCCC(=O)OC(COC(=O)CCCCCCCCC/C=C\C/C=C\C/C=C\CC)COP(=O)(O)OCC(CO)OC(=O)C/C=C\C/C=C\C/C=C\C/C=C\C/C=C\CC. The first kappa shape index (κ1) is 71.1. The van der Waals surface area contributed by atoms with Gasteiger partial charge in [0.1, 0.15) is 12.7 Å². The van der Waals surface area contributed by atoms with Gasteiger partial charge in [-0.05, 0) is 116 Å². The number of ether oxygens (including phenoxy) is 3. The van der Waals surface area contributed by atoms with Crippen molar-refractivity contribution in [2.45, 2.75) is 200 Å². The normalized spacial score (nSPS) is 14.5. The van der Waals surface area contributed by atoms with Crippen LogP contribution in [0.1, 0.15) is 188 Å². The molecule has 3 atom stereocenters. The lowest BCUT2D eigenvalue weighted by Crippen LogP contribution is -2.30. The molecule has 0 aliphatic carbocycles. The highest BCUT2D eigenvalue weighted by Gasteiger charge is 2.28. The number of aliphatic hydroxyl groups excluding tert-OH is 1. The zero-order chi connectivity index (χ0) is 55.5. The largest absolute Gasteiger partial charge is 0.472 e. The van der Waals surface area contributed by atoms with Crippen LogP contribution in [0, 0.1) is 0 Å². The summed E-state index contributed by atoms with van der Waals surface area (Å²) in [7, 11) is -4.80. The van der Waals surface area contributed by atoms with E-state index < -0.39 is 57.8 Å². The third-order valence-electron chi connectivity index (χ3n) is 11.0. The van der Waals surface area contributed by atoms with Gasteiger partial charge in [0.05, 0.1) is 26.2 Å². The van der Waals surface area contributed by atoms with Crippen molar-refractivity contribution in [3.05, 3.63) is 158 Å². The van der Waals surface area contributed by atoms with Crippen molar-refractivity contribution in [2.24, 2.45) is 0 Å². The lowest BCUT2D eigenvalue weighted by Gasteiger charge is -2.21. The molecule has 12 heteroatoms. The van der Waals surface area contributed by atoms with Crippen LogP contribution in [0.2, 0.25) is 0 Å². The first-order chi connectivity index (χ1) is 37.2. The van der Waals surface area contributed by atoms with E-state index in [1.165, 1.54) is 6.42 Å². The molecule has 0 rings (SSSR count). The van der Waals surface area contributed by atoms with Gasteiger partial charge in [-0.2, -0.15) is 0 Å². The van der Waals surface area contributed by atoms with Crippen LogP contribution in [0.5, 0.6) is 0 Å². The standard InChI is InChI=1S/C64H99O11P/c1-4-7-10-13-16-19-22-25-28-30-33-35-38-41-44-47-50-53-62(66)71-57-61(75-64(68)55-52-49-46-43-40-37-34-31-29-26-23-20-17-14-11-8-5-2)59-73-76(69,70)72-58-60(56-65)74-63(67)54-51-48-45-42-39-36-32-27-24-21-18-15-12-9-6-3/h7-12,16-21,25-29,32,34,37,39,42-43,46,48,51,60-61,65H,4-6,13-15,22-24,30-31,33,35-36,38,40-41,44-45,47,49-50,52-59H2,1-3H3,(H,69,70)/b10-7-,11-8-,12-9-,19-16-,20-17-,21-18-,28-25-,29-26-,32-27-,37-34-,42-39-,46-43-,51-48-. The second kappa shape index (κ2) is 56.3. The summed E-state index contributed by atoms with van der Waals surface area (Å²) in [4.78, 5) is 48.5. The molecule has 0 aromatic heterocycles. The van der Waals surface area contributed by atoms with Gasteiger partial charge in [-0.3, -0.25) is 23.4 Å². The Bertz CT molecular complexity index is 1880. The molecule has 0 radical (unpaired) electrons. The molecule has 0 aromatic carbocycles. The number of hydrogen-bond acceptors (Lipinski definition) is 10. The van der Waals surface area contributed by atoms with E-state index in [1.807, 2.05) is 30.4 Å². The minimum atomic E-state index is -4.80. The highest BCUT2D eigenvalue weighted by molar-refractivity contribution is 7.47. The van der Waals surface area contributed by atoms with E-state index in [0.717, 1.165) is 116 Å². The highest BCUT2D eigenvalue weighted by Crippen LogP contribution is 2.43. The molecule has 0 bridgehead atoms. The summed E-state index contributed by atoms with van der Waals surface area (Å²) >= 11 is 0. The van der Waals surface area contributed by atoms with Crippen molar-refractivity contribution in [1.82, 2.24) is 0 Å². The maximum absolute atomic E-state index is 12.9. The summed E-state index contributed by atoms with van der Waals surface area (Å²) in [6, 6.07) is 0. The highest BCUT2D eigenvalue weighted by atomic mass is 31.2. The monoisotopic (exact) mass is 1070 g/mol. The van der Waals surface area contributed by atoms with Crippen molar-refractivity contribution >= 4 is 25.7 Å². The zero-order valence-electron chi connectivity index (χ0n) is 46.9. The number of aliphatic hydroxyl groups is 1. The van der Waals surface area contributed by atoms with Crippen molar-refractivity contribution in [3.63, 3.8) is 0 Å². The molecule has 0 heterocycles. The van der Waals surface area contributed by atoms with Crippen LogP contribution in [0.15, 0.2) is 158 Å². The average molecular weight is 1080 g/mol. The second-order valence-electron chi connectivity index (χ2n) is 18.0. The van der Waals surface area contributed by atoms with E-state index >= 15 is 0 Å². The molecule has 11 nitrogen and oxygen atoms in total. The van der Waals surface area contributed by atoms with Crippen LogP contribution in [0.25, 0.3) is 0 Å². The van der Waals surface area contributed by atoms with Gasteiger partial charge in [0.2, 0.25) is 0 Å². The van der Waals surface area contributed by atoms with Gasteiger partial charge in [0.15, 0.2) is 6.10 Å². The number of carbonyl (C=O) groups excluding carboxylic acids is 3. The van der Waals surface area contributed by atoms with Crippen molar-refractivity contribution < 1.29 is 52.2 Å². The number of allylic oxidation sites excluding steroid dienone is 25. The van der Waals surface area contributed by atoms with Gasteiger partial charge in [-0.1, -0.05) is 211 Å². The smallest absolute Gasteiger partial charge is 0.462 e. The van der Waals surface area contributed by atoms with E-state index in [0.29, 0.717) is 25.7 Å². The molecular weight excluding hydrogens is 976 g/mol. The molecule has 426 valence electrons. The fourth-order valence-corrected chi connectivity index (χ4v) is 7.56. The Kier molecular flexibility index (Phi) is 52.7. The van der Waals surface area contributed by atoms with Crippen LogP contribution in [0.4, 0.5) is 0 Å². The fourth-order valence-electron chi connectivity index (χ4n) is 6.77. The number of carbonyl (C=O) groups is 3. The van der Waals surface area contributed by atoms with Crippen molar-refractivity contribution in [2.75, 3.05) is 26.4 Å². The number of phosphoric acid groups is 1. The molecule has 0 aliphatic heterocycles. The summed E-state index contributed by atoms with van der Waals surface area (Å²) < 4.78 is 39.3. The maximum atomic E-state index is 12.9. The van der Waals surface area contributed by atoms with E-state index in [-0.39, 0.29) is 25.9 Å². The molecular formula is C64H99O11P. The van der Waals surface area contributed by atoms with Gasteiger partial charge >= 0.3 is 25.7 Å². The predicted molar refractivity (Wildman–Crippen MR) is 315 cm³/mol. The van der Waals surface area contributed by atoms with Crippen LogP contribution < -0.4 is 0 Å². The summed E-state index contributed by atoms with van der Waals surface area (Å²) in [5.41, 5.74) is 0. The van der Waals surface area contributed by atoms with Gasteiger partial charge < -0.3 is 24.2 Å². The van der Waals surface area contributed by atoms with Crippen molar-refractivity contribution in [3.8, 4) is 0 Å². The van der Waals surface area contributed by atoms with Gasteiger partial charge in [-0.25, -0.2) is 4.57 Å². The summed E-state index contributed by atoms with van der Waals surface area (Å²) in [6.45, 7) is 4.09. The minimum absolute atomic E-state index is 0.0690. The van der Waals surface area contributed by atoms with Crippen LogP contribution in [-0.4, -0.2) is 66.5 Å².